The van der Waals surface area contributed by atoms with E-state index >= 15 is 0 Å². The lowest BCUT2D eigenvalue weighted by Gasteiger charge is -2.18. The third-order valence-electron chi connectivity index (χ3n) is 8.57. The fraction of sp³-hybridized carbons (Fsp3) is 0.0244. The van der Waals surface area contributed by atoms with E-state index in [2.05, 4.69) is 159 Å². The predicted molar refractivity (Wildman–Crippen MR) is 178 cm³/mol. The molecule has 8 aromatic carbocycles. The molecule has 8 aromatic rings. The van der Waals surface area contributed by atoms with Crippen molar-refractivity contribution in [3.8, 4) is 33.4 Å². The van der Waals surface area contributed by atoms with Gasteiger partial charge in [0.25, 0.3) is 0 Å². The van der Waals surface area contributed by atoms with Gasteiger partial charge in [-0.2, -0.15) is 0 Å². The summed E-state index contributed by atoms with van der Waals surface area (Å²) in [7, 11) is 0. The first-order chi connectivity index (χ1) is 20.3. The normalized spacial score (nSPS) is 11.5. The number of hydrogen-bond donors (Lipinski definition) is 0. The maximum absolute atomic E-state index is 2.34. The van der Waals surface area contributed by atoms with E-state index in [-0.39, 0.29) is 0 Å². The van der Waals surface area contributed by atoms with Gasteiger partial charge >= 0.3 is 0 Å². The van der Waals surface area contributed by atoms with E-state index < -0.39 is 0 Å². The van der Waals surface area contributed by atoms with Gasteiger partial charge in [0, 0.05) is 0 Å². The molecule has 192 valence electrons. The number of aryl methyl sites for hydroxylation is 1. The van der Waals surface area contributed by atoms with Crippen LogP contribution in [0.2, 0.25) is 0 Å². The highest BCUT2D eigenvalue weighted by Crippen LogP contribution is 2.44. The van der Waals surface area contributed by atoms with E-state index in [1.54, 1.807) is 0 Å². The van der Waals surface area contributed by atoms with Crippen molar-refractivity contribution in [3.05, 3.63) is 157 Å². The number of hydrogen-bond acceptors (Lipinski definition) is 0. The lowest BCUT2D eigenvalue weighted by molar-refractivity contribution is 1.49. The second-order valence-corrected chi connectivity index (χ2v) is 11.0. The van der Waals surface area contributed by atoms with Crippen molar-refractivity contribution >= 4 is 43.1 Å². The van der Waals surface area contributed by atoms with Crippen LogP contribution in [0, 0.1) is 6.92 Å². The molecule has 0 saturated heterocycles. The predicted octanol–water partition coefficient (Wildman–Crippen LogP) is 11.6. The van der Waals surface area contributed by atoms with Crippen molar-refractivity contribution < 1.29 is 0 Å². The summed E-state index contributed by atoms with van der Waals surface area (Å²) < 4.78 is 0. The zero-order chi connectivity index (χ0) is 27.3. The molecule has 0 aliphatic carbocycles. The van der Waals surface area contributed by atoms with Gasteiger partial charge in [0.2, 0.25) is 0 Å². The molecule has 0 fully saturated rings. The van der Waals surface area contributed by atoms with Gasteiger partial charge in [-0.3, -0.25) is 0 Å². The van der Waals surface area contributed by atoms with Crippen LogP contribution in [-0.4, -0.2) is 0 Å². The molecule has 0 nitrogen and oxygen atoms in total. The monoisotopic (exact) mass is 520 g/mol. The molecular formula is C41H28. The largest absolute Gasteiger partial charge is 0.0616 e. The van der Waals surface area contributed by atoms with Crippen LogP contribution in [0.15, 0.2) is 152 Å². The Balaban J connectivity index is 1.36. The molecule has 41 heavy (non-hydrogen) atoms. The minimum atomic E-state index is 1.24. The minimum absolute atomic E-state index is 1.24. The average molecular weight is 521 g/mol. The molecule has 0 saturated carbocycles. The Hall–Kier alpha value is -5.20. The minimum Gasteiger partial charge on any atom is -0.0616 e. The molecule has 0 aliphatic rings. The van der Waals surface area contributed by atoms with Gasteiger partial charge in [-0.05, 0) is 95.0 Å². The summed E-state index contributed by atoms with van der Waals surface area (Å²) in [6, 6.07) is 55.6. The second-order valence-electron chi connectivity index (χ2n) is 11.0. The van der Waals surface area contributed by atoms with E-state index in [0.717, 1.165) is 0 Å². The zero-order valence-electron chi connectivity index (χ0n) is 22.9. The van der Waals surface area contributed by atoms with Crippen molar-refractivity contribution in [2.75, 3.05) is 0 Å². The van der Waals surface area contributed by atoms with Gasteiger partial charge < -0.3 is 0 Å². The molecule has 0 amide bonds. The summed E-state index contributed by atoms with van der Waals surface area (Å²) in [6.45, 7) is 2.21. The van der Waals surface area contributed by atoms with Crippen LogP contribution in [0.5, 0.6) is 0 Å². The van der Waals surface area contributed by atoms with E-state index in [4.69, 9.17) is 0 Å². The van der Waals surface area contributed by atoms with Gasteiger partial charge in [0.05, 0.1) is 0 Å². The maximum Gasteiger partial charge on any atom is -0.00262 e. The molecule has 0 N–H and O–H groups in total. The summed E-state index contributed by atoms with van der Waals surface area (Å²) in [4.78, 5) is 0. The van der Waals surface area contributed by atoms with Gasteiger partial charge in [-0.15, -0.1) is 0 Å². The summed E-state index contributed by atoms with van der Waals surface area (Å²) in [5.41, 5.74) is 8.96. The lowest BCUT2D eigenvalue weighted by atomic mass is 9.85. The number of fused-ring (bicyclic) bond motifs is 4. The molecule has 0 atom stereocenters. The summed E-state index contributed by atoms with van der Waals surface area (Å²) >= 11 is 0. The van der Waals surface area contributed by atoms with Gasteiger partial charge in [0.1, 0.15) is 0 Å². The Morgan fingerprint density at radius 3 is 1.32 bits per heavy atom. The Morgan fingerprint density at radius 2 is 0.707 bits per heavy atom. The summed E-state index contributed by atoms with van der Waals surface area (Å²) in [5, 5.41) is 10.2. The van der Waals surface area contributed by atoms with E-state index in [1.165, 1.54) is 82.0 Å². The summed E-state index contributed by atoms with van der Waals surface area (Å²) in [5.74, 6) is 0. The van der Waals surface area contributed by atoms with Crippen LogP contribution in [0.3, 0.4) is 0 Å². The highest BCUT2D eigenvalue weighted by molar-refractivity contribution is 6.21. The maximum atomic E-state index is 2.34. The zero-order valence-corrected chi connectivity index (χ0v) is 22.9. The Labute approximate surface area is 240 Å². The Bertz CT molecular complexity index is 2190. The number of rotatable bonds is 3. The van der Waals surface area contributed by atoms with Crippen LogP contribution in [0.1, 0.15) is 5.56 Å². The van der Waals surface area contributed by atoms with Crippen LogP contribution < -0.4 is 0 Å². The first-order valence-corrected chi connectivity index (χ1v) is 14.3. The van der Waals surface area contributed by atoms with Crippen molar-refractivity contribution in [3.63, 3.8) is 0 Å². The average Bonchev–Trinajstić information content (AvgIpc) is 3.03. The van der Waals surface area contributed by atoms with Crippen LogP contribution >= 0.6 is 0 Å². The van der Waals surface area contributed by atoms with E-state index in [0.29, 0.717) is 0 Å². The molecule has 0 radical (unpaired) electrons. The molecule has 0 spiro atoms. The second kappa shape index (κ2) is 9.47. The van der Waals surface area contributed by atoms with Gasteiger partial charge in [-0.25, -0.2) is 0 Å². The Morgan fingerprint density at radius 1 is 0.293 bits per heavy atom. The standard InChI is InChI=1S/C41H28/c1-27-18-19-29-11-4-5-13-34(29)39(27)30-21-23-31(24-22-30)40-35-14-6-8-16-37(35)41(38-17-9-7-15-36(38)40)33-25-20-28-10-2-3-12-32(28)26-33/h2-26H,1H3. The smallest absolute Gasteiger partial charge is 0.00262 e. The van der Waals surface area contributed by atoms with E-state index in [1.807, 2.05) is 0 Å². The fourth-order valence-corrected chi connectivity index (χ4v) is 6.66. The van der Waals surface area contributed by atoms with Crippen molar-refractivity contribution in [2.45, 2.75) is 6.92 Å². The highest BCUT2D eigenvalue weighted by atomic mass is 14.2. The third kappa shape index (κ3) is 3.84. The SMILES string of the molecule is Cc1ccc2ccccc2c1-c1ccc(-c2c3ccccc3c(-c3ccc4ccccc4c3)c3ccccc23)cc1. The molecule has 0 aliphatic heterocycles. The lowest BCUT2D eigenvalue weighted by Crippen LogP contribution is -1.91. The quantitative estimate of drug-likeness (QED) is 0.203. The van der Waals surface area contributed by atoms with Crippen LogP contribution in [0.25, 0.3) is 76.5 Å². The van der Waals surface area contributed by atoms with Crippen LogP contribution in [-0.2, 0) is 0 Å². The van der Waals surface area contributed by atoms with Crippen molar-refractivity contribution in [2.24, 2.45) is 0 Å². The first-order valence-electron chi connectivity index (χ1n) is 14.3. The van der Waals surface area contributed by atoms with Gasteiger partial charge in [0.15, 0.2) is 0 Å². The summed E-state index contributed by atoms with van der Waals surface area (Å²) in [6.07, 6.45) is 0. The third-order valence-corrected chi connectivity index (χ3v) is 8.57. The molecule has 8 rings (SSSR count). The van der Waals surface area contributed by atoms with Crippen molar-refractivity contribution in [1.29, 1.82) is 0 Å². The highest BCUT2D eigenvalue weighted by Gasteiger charge is 2.17. The molecule has 0 heterocycles. The topological polar surface area (TPSA) is 0 Å². The van der Waals surface area contributed by atoms with Crippen molar-refractivity contribution in [1.82, 2.24) is 0 Å². The first kappa shape index (κ1) is 23.7. The number of benzene rings is 8. The Kier molecular flexibility index (Phi) is 5.47. The van der Waals surface area contributed by atoms with Gasteiger partial charge in [-0.1, -0.05) is 146 Å². The molecule has 0 aromatic heterocycles. The van der Waals surface area contributed by atoms with E-state index in [9.17, 15) is 0 Å². The van der Waals surface area contributed by atoms with Crippen LogP contribution in [0.4, 0.5) is 0 Å². The molecular weight excluding hydrogens is 492 g/mol. The fourth-order valence-electron chi connectivity index (χ4n) is 6.66. The molecule has 0 heteroatoms. The molecule has 0 unspecified atom stereocenters. The molecule has 0 bridgehead atoms.